The standard InChI is InChI=1S/C45H60N10O7/c1-26-23-34(26)49-42(59)38-16-14-32-18-21-53(25-36(43(60)55(32)38)51-40(57)27(2)46-3)45(62)48-30-11-9-29(10-12-30)47-44(61)52-20-17-31-13-15-37(54(31)39(56)19-22-52)41(58)50-35-24-33(35)28-7-5-4-6-8-28/h4-12,26-27,31-38,46H,13-25H2,1-3H3,(H,47,61)(H,48,62)(H,49,59)(H,50,58)(H,51,57). The first-order chi connectivity index (χ1) is 29.9. The molecule has 17 heteroatoms. The van der Waals surface area contributed by atoms with Crippen LogP contribution in [0.25, 0.3) is 0 Å². The zero-order chi connectivity index (χ0) is 43.7. The van der Waals surface area contributed by atoms with Gasteiger partial charge in [0.05, 0.1) is 12.6 Å². The third-order valence-electron chi connectivity index (χ3n) is 13.8. The Morgan fingerprint density at radius 2 is 1.23 bits per heavy atom. The van der Waals surface area contributed by atoms with Gasteiger partial charge in [0.1, 0.15) is 18.1 Å². The lowest BCUT2D eigenvalue weighted by molar-refractivity contribution is -0.144. The summed E-state index contributed by atoms with van der Waals surface area (Å²) in [7, 11) is 1.64. The third kappa shape index (κ3) is 9.52. The second kappa shape index (κ2) is 18.3. The molecule has 17 nitrogen and oxygen atoms in total. The number of hydrogen-bond donors (Lipinski definition) is 6. The van der Waals surface area contributed by atoms with Crippen LogP contribution in [-0.2, 0) is 24.0 Å². The molecule has 0 bridgehead atoms. The van der Waals surface area contributed by atoms with Crippen LogP contribution in [0.2, 0.25) is 0 Å². The smallest absolute Gasteiger partial charge is 0.321 e. The van der Waals surface area contributed by atoms with Gasteiger partial charge in [0.25, 0.3) is 0 Å². The molecule has 2 aliphatic carbocycles. The number of amides is 9. The number of rotatable bonds is 10. The van der Waals surface area contributed by atoms with E-state index in [1.54, 1.807) is 52.9 Å². The average molecular weight is 853 g/mol. The topological polar surface area (TPSA) is 205 Å². The monoisotopic (exact) mass is 852 g/mol. The molecule has 62 heavy (non-hydrogen) atoms. The normalized spacial score (nSPS) is 29.8. The maximum atomic E-state index is 14.2. The molecule has 10 atom stereocenters. The molecule has 6 fully saturated rings. The van der Waals surface area contributed by atoms with Crippen LogP contribution in [0.1, 0.15) is 83.1 Å². The van der Waals surface area contributed by atoms with E-state index in [0.29, 0.717) is 74.8 Å². The molecule has 9 amide bonds. The SMILES string of the molecule is CNC(C)C(=O)NC1CN(C(=O)Nc2ccc(NC(=O)N3CCC(=O)N4C(CCC4C(=O)NC4CC4c4ccccc4)CC3)cc2)CCC2CCC(C(=O)NC3CC3C)N2C1=O. The number of carbonyl (C=O) groups excluding carboxylic acids is 7. The van der Waals surface area contributed by atoms with Gasteiger partial charge < -0.3 is 51.5 Å². The number of nitrogens with zero attached hydrogens (tertiary/aromatic N) is 4. The Bertz CT molecular complexity index is 2040. The molecule has 0 aromatic heterocycles. The van der Waals surface area contributed by atoms with Gasteiger partial charge in [0, 0.05) is 67.5 Å². The number of carbonyl (C=O) groups is 7. The first-order valence-electron chi connectivity index (χ1n) is 22.4. The fourth-order valence-corrected chi connectivity index (χ4v) is 9.68. The molecular formula is C45H60N10O7. The number of urea groups is 2. The Morgan fingerprint density at radius 1 is 0.661 bits per heavy atom. The van der Waals surface area contributed by atoms with Crippen LogP contribution in [0.3, 0.4) is 0 Å². The van der Waals surface area contributed by atoms with E-state index in [4.69, 9.17) is 0 Å². The van der Waals surface area contributed by atoms with Gasteiger partial charge in [-0.25, -0.2) is 9.59 Å². The van der Waals surface area contributed by atoms with Crippen LogP contribution >= 0.6 is 0 Å². The molecule has 2 saturated carbocycles. The van der Waals surface area contributed by atoms with Gasteiger partial charge in [-0.3, -0.25) is 24.0 Å². The fraction of sp³-hybridized carbons (Fsp3) is 0.578. The van der Waals surface area contributed by atoms with Crippen molar-refractivity contribution in [2.45, 2.75) is 126 Å². The van der Waals surface area contributed by atoms with E-state index in [1.165, 1.54) is 10.5 Å². The number of anilines is 2. The second-order valence-corrected chi connectivity index (χ2v) is 18.0. The van der Waals surface area contributed by atoms with Crippen LogP contribution in [-0.4, -0.2) is 143 Å². The highest BCUT2D eigenvalue weighted by Gasteiger charge is 2.48. The molecular weight excluding hydrogens is 793 g/mol. The van der Waals surface area contributed by atoms with E-state index in [1.807, 2.05) is 18.2 Å². The van der Waals surface area contributed by atoms with Gasteiger partial charge in [-0.1, -0.05) is 37.3 Å². The minimum absolute atomic E-state index is 0.0832. The molecule has 4 aliphatic heterocycles. The Balaban J connectivity index is 0.839. The first kappa shape index (κ1) is 43.0. The van der Waals surface area contributed by atoms with Crippen molar-refractivity contribution >= 4 is 53.0 Å². The van der Waals surface area contributed by atoms with Crippen LogP contribution in [0, 0.1) is 5.92 Å². The summed E-state index contributed by atoms with van der Waals surface area (Å²) in [4.78, 5) is 101. The van der Waals surface area contributed by atoms with Crippen molar-refractivity contribution in [3.8, 4) is 0 Å². The van der Waals surface area contributed by atoms with Gasteiger partial charge in [-0.05, 0) is 101 Å². The van der Waals surface area contributed by atoms with E-state index in [9.17, 15) is 33.6 Å². The van der Waals surface area contributed by atoms with Crippen LogP contribution in [0.15, 0.2) is 54.6 Å². The third-order valence-corrected chi connectivity index (χ3v) is 13.8. The predicted octanol–water partition coefficient (Wildman–Crippen LogP) is 2.56. The summed E-state index contributed by atoms with van der Waals surface area (Å²) in [5.74, 6) is -0.444. The number of benzene rings is 2. The second-order valence-electron chi connectivity index (χ2n) is 18.0. The van der Waals surface area contributed by atoms with Crippen molar-refractivity contribution in [1.29, 1.82) is 0 Å². The molecule has 4 heterocycles. The number of fused-ring (bicyclic) bond motifs is 2. The molecule has 0 radical (unpaired) electrons. The lowest BCUT2D eigenvalue weighted by Crippen LogP contribution is -2.62. The molecule has 6 N–H and O–H groups in total. The number of hydrogen-bond acceptors (Lipinski definition) is 8. The minimum atomic E-state index is -1.06. The quantitative estimate of drug-likeness (QED) is 0.209. The van der Waals surface area contributed by atoms with Gasteiger partial charge in [-0.15, -0.1) is 0 Å². The average Bonchev–Trinajstić information content (AvgIpc) is 4.07. The molecule has 8 rings (SSSR count). The van der Waals surface area contributed by atoms with E-state index in [2.05, 4.69) is 51.0 Å². The molecule has 332 valence electrons. The molecule has 10 unspecified atom stereocenters. The maximum absolute atomic E-state index is 14.2. The largest absolute Gasteiger partial charge is 0.351 e. The van der Waals surface area contributed by atoms with E-state index in [0.717, 1.165) is 12.8 Å². The van der Waals surface area contributed by atoms with Crippen molar-refractivity contribution in [2.24, 2.45) is 5.92 Å². The summed E-state index contributed by atoms with van der Waals surface area (Å²) in [5.41, 5.74) is 2.18. The molecule has 4 saturated heterocycles. The minimum Gasteiger partial charge on any atom is -0.351 e. The molecule has 2 aromatic rings. The lowest BCUT2D eigenvalue weighted by Gasteiger charge is -2.39. The molecule has 6 aliphatic rings. The molecule has 0 spiro atoms. The predicted molar refractivity (Wildman–Crippen MR) is 231 cm³/mol. The Morgan fingerprint density at radius 3 is 1.84 bits per heavy atom. The summed E-state index contributed by atoms with van der Waals surface area (Å²) in [6.07, 6.45) is 5.41. The summed E-state index contributed by atoms with van der Waals surface area (Å²) in [5, 5.41) is 17.8. The Labute approximate surface area is 362 Å². The van der Waals surface area contributed by atoms with Crippen molar-refractivity contribution in [1.82, 2.24) is 40.9 Å². The Hall–Kier alpha value is -5.71. The lowest BCUT2D eigenvalue weighted by atomic mass is 10.1. The summed E-state index contributed by atoms with van der Waals surface area (Å²) >= 11 is 0. The molecule has 2 aromatic carbocycles. The van der Waals surface area contributed by atoms with Crippen molar-refractivity contribution in [3.05, 3.63) is 60.2 Å². The first-order valence-corrected chi connectivity index (χ1v) is 22.4. The van der Waals surface area contributed by atoms with Gasteiger partial charge in [0.2, 0.25) is 29.5 Å². The maximum Gasteiger partial charge on any atom is 0.321 e. The zero-order valence-corrected chi connectivity index (χ0v) is 35.8. The van der Waals surface area contributed by atoms with Crippen LogP contribution in [0.4, 0.5) is 21.0 Å². The van der Waals surface area contributed by atoms with Crippen molar-refractivity contribution < 1.29 is 33.6 Å². The van der Waals surface area contributed by atoms with Crippen LogP contribution < -0.4 is 31.9 Å². The van der Waals surface area contributed by atoms with E-state index < -0.39 is 36.1 Å². The Kier molecular flexibility index (Phi) is 12.7. The highest BCUT2D eigenvalue weighted by molar-refractivity contribution is 5.96. The zero-order valence-electron chi connectivity index (χ0n) is 35.8. The van der Waals surface area contributed by atoms with Gasteiger partial charge in [0.15, 0.2) is 0 Å². The highest BCUT2D eigenvalue weighted by Crippen LogP contribution is 2.41. The van der Waals surface area contributed by atoms with E-state index in [-0.39, 0.29) is 73.3 Å². The van der Waals surface area contributed by atoms with Crippen molar-refractivity contribution in [2.75, 3.05) is 43.9 Å². The number of likely N-dealkylation sites (N-methyl/N-ethyl adjacent to an activating group) is 1. The van der Waals surface area contributed by atoms with Crippen LogP contribution in [0.5, 0.6) is 0 Å². The summed E-state index contributed by atoms with van der Waals surface area (Å²) in [6, 6.07) is 13.1. The van der Waals surface area contributed by atoms with Gasteiger partial charge in [-0.2, -0.15) is 0 Å². The van der Waals surface area contributed by atoms with Gasteiger partial charge >= 0.3 is 12.1 Å². The van der Waals surface area contributed by atoms with Crippen molar-refractivity contribution in [3.63, 3.8) is 0 Å². The fourth-order valence-electron chi connectivity index (χ4n) is 9.68. The summed E-state index contributed by atoms with van der Waals surface area (Å²) < 4.78 is 0. The van der Waals surface area contributed by atoms with E-state index >= 15 is 0 Å². The summed E-state index contributed by atoms with van der Waals surface area (Å²) in [6.45, 7) is 4.62. The number of nitrogens with one attached hydrogen (secondary N) is 6. The highest BCUT2D eigenvalue weighted by atomic mass is 16.2.